The van der Waals surface area contributed by atoms with Crippen molar-refractivity contribution < 1.29 is 14.1 Å². The summed E-state index contributed by atoms with van der Waals surface area (Å²) in [5.41, 5.74) is 0.747. The smallest absolute Gasteiger partial charge is 0.323 e. The van der Waals surface area contributed by atoms with Crippen LogP contribution in [0.25, 0.3) is 11.4 Å². The molecular weight excluding hydrogens is 364 g/mol. The maximum atomic E-state index is 12.4. The van der Waals surface area contributed by atoms with Crippen LogP contribution >= 0.6 is 0 Å². The summed E-state index contributed by atoms with van der Waals surface area (Å²) in [6.07, 6.45) is 1.40. The zero-order valence-electron chi connectivity index (χ0n) is 15.3. The highest BCUT2D eigenvalue weighted by Crippen LogP contribution is 2.20. The van der Waals surface area contributed by atoms with E-state index < -0.39 is 0 Å². The van der Waals surface area contributed by atoms with Crippen LogP contribution in [0.1, 0.15) is 16.4 Å². The number of aromatic amines is 2. The van der Waals surface area contributed by atoms with Gasteiger partial charge in [0, 0.05) is 37.9 Å². The van der Waals surface area contributed by atoms with Crippen LogP contribution < -0.4 is 10.4 Å². The molecule has 1 aromatic carbocycles. The first-order valence-corrected chi connectivity index (χ1v) is 8.89. The maximum absolute atomic E-state index is 12.4. The average Bonchev–Trinajstić information content (AvgIpc) is 3.37. The summed E-state index contributed by atoms with van der Waals surface area (Å²) in [5.74, 6) is 1.64. The van der Waals surface area contributed by atoms with Crippen LogP contribution in [0.4, 0.5) is 0 Å². The molecule has 10 heteroatoms. The fourth-order valence-corrected chi connectivity index (χ4v) is 3.09. The highest BCUT2D eigenvalue weighted by Gasteiger charge is 2.24. The number of imidazole rings is 1. The van der Waals surface area contributed by atoms with E-state index in [9.17, 15) is 9.59 Å². The lowest BCUT2D eigenvalue weighted by molar-refractivity contribution is 0.0610. The Morgan fingerprint density at radius 2 is 1.96 bits per heavy atom. The minimum absolute atomic E-state index is 0.183. The number of hydrogen-bond acceptors (Lipinski definition) is 7. The monoisotopic (exact) mass is 384 g/mol. The van der Waals surface area contributed by atoms with Crippen LogP contribution in [0, 0.1) is 0 Å². The maximum Gasteiger partial charge on any atom is 0.323 e. The summed E-state index contributed by atoms with van der Waals surface area (Å²) in [6, 6.07) is 7.45. The number of amides is 1. The molecule has 0 bridgehead atoms. The first kappa shape index (κ1) is 18.0. The van der Waals surface area contributed by atoms with E-state index >= 15 is 0 Å². The third-order valence-electron chi connectivity index (χ3n) is 4.66. The van der Waals surface area contributed by atoms with Crippen LogP contribution in [0.5, 0.6) is 5.75 Å². The number of piperazine rings is 1. The van der Waals surface area contributed by atoms with Crippen molar-refractivity contribution >= 4 is 5.91 Å². The lowest BCUT2D eigenvalue weighted by atomic mass is 10.2. The Hall–Kier alpha value is -3.40. The second-order valence-corrected chi connectivity index (χ2v) is 6.47. The van der Waals surface area contributed by atoms with Gasteiger partial charge in [0.2, 0.25) is 11.7 Å². The Kier molecular flexibility index (Phi) is 4.94. The second kappa shape index (κ2) is 7.69. The Balaban J connectivity index is 1.33. The zero-order valence-corrected chi connectivity index (χ0v) is 15.3. The highest BCUT2D eigenvalue weighted by molar-refractivity contribution is 5.92. The quantitative estimate of drug-likeness (QED) is 0.665. The van der Waals surface area contributed by atoms with Crippen molar-refractivity contribution in [1.29, 1.82) is 0 Å². The summed E-state index contributed by atoms with van der Waals surface area (Å²) in [7, 11) is 1.62. The number of rotatable bonds is 5. The van der Waals surface area contributed by atoms with Gasteiger partial charge in [-0.1, -0.05) is 5.16 Å². The molecule has 0 unspecified atom stereocenters. The number of carbonyl (C=O) groups is 1. The first-order chi connectivity index (χ1) is 13.6. The van der Waals surface area contributed by atoms with Crippen LogP contribution in [0.15, 0.2) is 39.8 Å². The third-order valence-corrected chi connectivity index (χ3v) is 4.66. The molecule has 0 spiro atoms. The molecule has 1 fully saturated rings. The molecule has 1 aliphatic heterocycles. The number of nitrogens with one attached hydrogen (secondary N) is 2. The SMILES string of the molecule is COc1ccc(-c2noc(CN3CCN(C(=O)c4c[nH]c(=O)[nH]4)CC3)n2)cc1. The molecule has 146 valence electrons. The Morgan fingerprint density at radius 1 is 1.21 bits per heavy atom. The van der Waals surface area contributed by atoms with Crippen molar-refractivity contribution in [3.63, 3.8) is 0 Å². The molecule has 3 heterocycles. The molecule has 0 radical (unpaired) electrons. The van der Waals surface area contributed by atoms with Gasteiger partial charge in [0.15, 0.2) is 0 Å². The number of H-pyrrole nitrogens is 2. The van der Waals surface area contributed by atoms with Gasteiger partial charge in [-0.05, 0) is 24.3 Å². The number of benzene rings is 1. The molecule has 10 nitrogen and oxygen atoms in total. The van der Waals surface area contributed by atoms with Gasteiger partial charge < -0.3 is 24.1 Å². The summed E-state index contributed by atoms with van der Waals surface area (Å²) in [4.78, 5) is 36.8. The molecule has 3 aromatic rings. The van der Waals surface area contributed by atoms with Crippen molar-refractivity contribution in [2.75, 3.05) is 33.3 Å². The topological polar surface area (TPSA) is 120 Å². The fraction of sp³-hybridized carbons (Fsp3) is 0.333. The molecule has 0 atom stereocenters. The van der Waals surface area contributed by atoms with Gasteiger partial charge >= 0.3 is 5.69 Å². The van der Waals surface area contributed by atoms with E-state index in [1.807, 2.05) is 24.3 Å². The van der Waals surface area contributed by atoms with E-state index in [-0.39, 0.29) is 17.3 Å². The second-order valence-electron chi connectivity index (χ2n) is 6.47. The predicted octanol–water partition coefficient (Wildman–Crippen LogP) is 0.720. The van der Waals surface area contributed by atoms with Gasteiger partial charge in [-0.25, -0.2) is 4.79 Å². The molecule has 0 saturated carbocycles. The molecule has 1 aliphatic rings. The van der Waals surface area contributed by atoms with E-state index in [0.717, 1.165) is 11.3 Å². The van der Waals surface area contributed by atoms with E-state index in [0.29, 0.717) is 44.4 Å². The summed E-state index contributed by atoms with van der Waals surface area (Å²) in [6.45, 7) is 3.00. The molecule has 1 amide bonds. The first-order valence-electron chi connectivity index (χ1n) is 8.89. The zero-order chi connectivity index (χ0) is 19.5. The van der Waals surface area contributed by atoms with Gasteiger partial charge in [0.25, 0.3) is 5.91 Å². The van der Waals surface area contributed by atoms with E-state index in [1.54, 1.807) is 12.0 Å². The molecule has 28 heavy (non-hydrogen) atoms. The van der Waals surface area contributed by atoms with E-state index in [2.05, 4.69) is 25.0 Å². The molecule has 2 N–H and O–H groups in total. The lowest BCUT2D eigenvalue weighted by Gasteiger charge is -2.33. The molecule has 1 saturated heterocycles. The number of aromatic nitrogens is 4. The largest absolute Gasteiger partial charge is 0.497 e. The van der Waals surface area contributed by atoms with Gasteiger partial charge in [0.05, 0.1) is 13.7 Å². The molecular formula is C18H20N6O4. The molecule has 0 aliphatic carbocycles. The number of ether oxygens (including phenoxy) is 1. The molecule has 2 aromatic heterocycles. The van der Waals surface area contributed by atoms with Crippen molar-refractivity contribution in [1.82, 2.24) is 29.9 Å². The number of methoxy groups -OCH3 is 1. The Bertz CT molecular complexity index is 998. The van der Waals surface area contributed by atoms with Crippen molar-refractivity contribution in [2.24, 2.45) is 0 Å². The van der Waals surface area contributed by atoms with E-state index in [4.69, 9.17) is 9.26 Å². The van der Waals surface area contributed by atoms with Crippen molar-refractivity contribution in [3.05, 3.63) is 52.5 Å². The van der Waals surface area contributed by atoms with Crippen molar-refractivity contribution in [3.8, 4) is 17.1 Å². The van der Waals surface area contributed by atoms with Crippen LogP contribution in [0.2, 0.25) is 0 Å². The predicted molar refractivity (Wildman–Crippen MR) is 98.9 cm³/mol. The molecule has 4 rings (SSSR count). The highest BCUT2D eigenvalue weighted by atomic mass is 16.5. The number of carbonyl (C=O) groups excluding carboxylic acids is 1. The summed E-state index contributed by atoms with van der Waals surface area (Å²) >= 11 is 0. The van der Waals surface area contributed by atoms with Crippen LogP contribution in [-0.2, 0) is 6.54 Å². The van der Waals surface area contributed by atoms with Crippen LogP contribution in [0.3, 0.4) is 0 Å². The fourth-order valence-electron chi connectivity index (χ4n) is 3.09. The summed E-state index contributed by atoms with van der Waals surface area (Å²) < 4.78 is 10.5. The Labute approximate surface area is 160 Å². The van der Waals surface area contributed by atoms with Gasteiger partial charge in [-0.15, -0.1) is 0 Å². The number of nitrogens with zero attached hydrogens (tertiary/aromatic N) is 4. The minimum atomic E-state index is -0.383. The average molecular weight is 384 g/mol. The summed E-state index contributed by atoms with van der Waals surface area (Å²) in [5, 5.41) is 4.04. The minimum Gasteiger partial charge on any atom is -0.497 e. The van der Waals surface area contributed by atoms with Gasteiger partial charge in [-0.2, -0.15) is 4.98 Å². The van der Waals surface area contributed by atoms with E-state index in [1.165, 1.54) is 6.20 Å². The standard InChI is InChI=1S/C18H20N6O4/c1-27-13-4-2-12(3-5-13)16-21-15(28-22-16)11-23-6-8-24(9-7-23)17(25)14-10-19-18(26)20-14/h2-5,10H,6-9,11H2,1H3,(H2,19,20,26). The third kappa shape index (κ3) is 3.81. The van der Waals surface area contributed by atoms with Gasteiger partial charge in [0.1, 0.15) is 11.4 Å². The normalized spacial score (nSPS) is 15.0. The number of hydrogen-bond donors (Lipinski definition) is 2. The van der Waals surface area contributed by atoms with Crippen molar-refractivity contribution in [2.45, 2.75) is 6.54 Å². The van der Waals surface area contributed by atoms with Gasteiger partial charge in [-0.3, -0.25) is 9.69 Å². The van der Waals surface area contributed by atoms with Crippen LogP contribution in [-0.4, -0.2) is 69.1 Å². The Morgan fingerprint density at radius 3 is 2.61 bits per heavy atom. The lowest BCUT2D eigenvalue weighted by Crippen LogP contribution is -2.48.